The number of anilines is 1. The van der Waals surface area contributed by atoms with Crippen LogP contribution < -0.4 is 21.0 Å². The molecule has 2 heterocycles. The van der Waals surface area contributed by atoms with E-state index in [9.17, 15) is 4.79 Å². The summed E-state index contributed by atoms with van der Waals surface area (Å²) in [6, 6.07) is 23.0. The molecule has 0 radical (unpaired) electrons. The molecule has 0 spiro atoms. The Labute approximate surface area is 161 Å². The van der Waals surface area contributed by atoms with E-state index in [1.54, 1.807) is 13.2 Å². The second-order valence-electron chi connectivity index (χ2n) is 6.62. The number of ether oxygens (including phenoxy) is 1. The Bertz CT molecular complexity index is 1230. The van der Waals surface area contributed by atoms with Gasteiger partial charge in [-0.15, -0.1) is 0 Å². The number of para-hydroxylation sites is 2. The van der Waals surface area contributed by atoms with Crippen LogP contribution >= 0.6 is 0 Å². The van der Waals surface area contributed by atoms with Crippen LogP contribution in [-0.4, -0.2) is 16.8 Å². The molecular formula is C22H18N4O2. The van der Waals surface area contributed by atoms with Crippen LogP contribution in [0.1, 0.15) is 11.7 Å². The van der Waals surface area contributed by atoms with Crippen LogP contribution in [0.4, 0.5) is 5.69 Å². The fraction of sp³-hybridized carbons (Fsp3) is 0.0909. The van der Waals surface area contributed by atoms with Crippen molar-refractivity contribution in [3.05, 3.63) is 88.7 Å². The minimum atomic E-state index is -0.311. The van der Waals surface area contributed by atoms with Crippen molar-refractivity contribution in [2.45, 2.75) is 6.17 Å². The highest BCUT2D eigenvalue weighted by atomic mass is 16.5. The highest BCUT2D eigenvalue weighted by Crippen LogP contribution is 2.32. The fourth-order valence-corrected chi connectivity index (χ4v) is 3.51. The van der Waals surface area contributed by atoms with E-state index in [-0.39, 0.29) is 11.7 Å². The van der Waals surface area contributed by atoms with Gasteiger partial charge in [0, 0.05) is 11.3 Å². The van der Waals surface area contributed by atoms with Crippen molar-refractivity contribution in [2.75, 3.05) is 17.9 Å². The number of hydrogen-bond acceptors (Lipinski definition) is 5. The van der Waals surface area contributed by atoms with Gasteiger partial charge in [0.15, 0.2) is 5.82 Å². The Hall–Kier alpha value is -3.80. The topological polar surface area (TPSA) is 68.2 Å². The minimum Gasteiger partial charge on any atom is -0.497 e. The first-order valence-electron chi connectivity index (χ1n) is 9.03. The average molecular weight is 370 g/mol. The van der Waals surface area contributed by atoms with E-state index in [1.807, 2.05) is 66.7 Å². The van der Waals surface area contributed by atoms with Gasteiger partial charge in [-0.3, -0.25) is 10.2 Å². The summed E-state index contributed by atoms with van der Waals surface area (Å²) in [5, 5.41) is 4.07. The Morgan fingerprint density at radius 2 is 1.71 bits per heavy atom. The predicted molar refractivity (Wildman–Crippen MR) is 110 cm³/mol. The van der Waals surface area contributed by atoms with E-state index < -0.39 is 0 Å². The molecule has 0 saturated heterocycles. The van der Waals surface area contributed by atoms with Gasteiger partial charge < -0.3 is 10.1 Å². The molecule has 1 aliphatic heterocycles. The fourth-order valence-electron chi connectivity index (χ4n) is 3.51. The van der Waals surface area contributed by atoms with Crippen LogP contribution in [0.5, 0.6) is 5.75 Å². The van der Waals surface area contributed by atoms with Crippen molar-refractivity contribution in [2.24, 2.45) is 0 Å². The molecule has 4 aromatic rings. The number of aromatic nitrogens is 2. The number of fused-ring (bicyclic) bond motifs is 4. The first-order valence-corrected chi connectivity index (χ1v) is 9.03. The summed E-state index contributed by atoms with van der Waals surface area (Å²) in [4.78, 5) is 18.0. The number of hydrogen-bond donors (Lipinski definition) is 2. The highest BCUT2D eigenvalue weighted by molar-refractivity contribution is 5.83. The zero-order valence-corrected chi connectivity index (χ0v) is 15.2. The molecule has 1 atom stereocenters. The molecule has 3 aromatic carbocycles. The summed E-state index contributed by atoms with van der Waals surface area (Å²) < 4.78 is 6.79. The summed E-state index contributed by atoms with van der Waals surface area (Å²) >= 11 is 0. The van der Waals surface area contributed by atoms with Gasteiger partial charge in [-0.05, 0) is 42.0 Å². The van der Waals surface area contributed by atoms with Crippen LogP contribution in [0.3, 0.4) is 0 Å². The van der Waals surface area contributed by atoms with Gasteiger partial charge in [0.1, 0.15) is 11.9 Å². The molecule has 6 heteroatoms. The molecule has 138 valence electrons. The lowest BCUT2D eigenvalue weighted by molar-refractivity contribution is 0.414. The van der Waals surface area contributed by atoms with E-state index in [0.29, 0.717) is 16.7 Å². The maximum Gasteiger partial charge on any atom is 0.280 e. The molecule has 1 aromatic heterocycles. The molecule has 1 unspecified atom stereocenters. The van der Waals surface area contributed by atoms with Crippen LogP contribution in [0.25, 0.3) is 22.3 Å². The molecule has 2 N–H and O–H groups in total. The highest BCUT2D eigenvalue weighted by Gasteiger charge is 2.23. The standard InChI is InChI=1S/C22H18N4O2/c1-28-15-12-10-14(11-13-15)20-23-18-8-4-2-6-16(18)21-24-19-9-5-3-7-17(19)22(27)26(21)25-20/h2-13,20,23,25H,1H3. The van der Waals surface area contributed by atoms with Gasteiger partial charge >= 0.3 is 0 Å². The molecule has 0 saturated carbocycles. The smallest absolute Gasteiger partial charge is 0.280 e. The zero-order valence-electron chi connectivity index (χ0n) is 15.2. The summed E-state index contributed by atoms with van der Waals surface area (Å²) in [6.45, 7) is 0. The van der Waals surface area contributed by atoms with Gasteiger partial charge in [0.05, 0.1) is 18.0 Å². The third-order valence-electron chi connectivity index (χ3n) is 4.95. The van der Waals surface area contributed by atoms with Crippen molar-refractivity contribution in [1.82, 2.24) is 9.66 Å². The van der Waals surface area contributed by atoms with Crippen LogP contribution in [0.2, 0.25) is 0 Å². The molecule has 0 bridgehead atoms. The van der Waals surface area contributed by atoms with Gasteiger partial charge in [0.25, 0.3) is 5.56 Å². The van der Waals surface area contributed by atoms with Crippen LogP contribution in [0, 0.1) is 0 Å². The van der Waals surface area contributed by atoms with Gasteiger partial charge in [-0.1, -0.05) is 36.4 Å². The molecule has 6 nitrogen and oxygen atoms in total. The number of benzene rings is 3. The van der Waals surface area contributed by atoms with Gasteiger partial charge in [-0.25, -0.2) is 9.66 Å². The van der Waals surface area contributed by atoms with E-state index >= 15 is 0 Å². The SMILES string of the molecule is COc1ccc(C2Nc3ccccc3-c3nc4ccccc4c(=O)n3N2)cc1. The van der Waals surface area contributed by atoms with Crippen molar-refractivity contribution < 1.29 is 4.74 Å². The summed E-state index contributed by atoms with van der Waals surface area (Å²) in [6.07, 6.45) is -0.311. The predicted octanol–water partition coefficient (Wildman–Crippen LogP) is 3.74. The number of methoxy groups -OCH3 is 1. The first kappa shape index (κ1) is 16.4. The quantitative estimate of drug-likeness (QED) is 0.563. The van der Waals surface area contributed by atoms with Gasteiger partial charge in [0.2, 0.25) is 0 Å². The van der Waals surface area contributed by atoms with Crippen LogP contribution in [-0.2, 0) is 0 Å². The van der Waals surface area contributed by atoms with E-state index in [0.717, 1.165) is 22.6 Å². The second-order valence-corrected chi connectivity index (χ2v) is 6.62. The van der Waals surface area contributed by atoms with Crippen molar-refractivity contribution in [3.63, 3.8) is 0 Å². The lowest BCUT2D eigenvalue weighted by atomic mass is 10.1. The number of rotatable bonds is 2. The van der Waals surface area contributed by atoms with Gasteiger partial charge in [-0.2, -0.15) is 0 Å². The summed E-state index contributed by atoms with van der Waals surface area (Å²) in [5.41, 5.74) is 6.61. The largest absolute Gasteiger partial charge is 0.497 e. The summed E-state index contributed by atoms with van der Waals surface area (Å²) in [5.74, 6) is 1.37. The first-order chi connectivity index (χ1) is 13.7. The molecular weight excluding hydrogens is 352 g/mol. The number of nitrogens with one attached hydrogen (secondary N) is 2. The lowest BCUT2D eigenvalue weighted by Crippen LogP contribution is -2.34. The maximum atomic E-state index is 13.2. The molecule has 0 amide bonds. The minimum absolute atomic E-state index is 0.127. The summed E-state index contributed by atoms with van der Waals surface area (Å²) in [7, 11) is 1.64. The maximum absolute atomic E-state index is 13.2. The molecule has 0 aliphatic carbocycles. The van der Waals surface area contributed by atoms with Crippen molar-refractivity contribution in [3.8, 4) is 17.1 Å². The van der Waals surface area contributed by atoms with Crippen LogP contribution in [0.15, 0.2) is 77.6 Å². The Morgan fingerprint density at radius 1 is 0.964 bits per heavy atom. The second kappa shape index (κ2) is 6.42. The van der Waals surface area contributed by atoms with Crippen molar-refractivity contribution in [1.29, 1.82) is 0 Å². The average Bonchev–Trinajstić information content (AvgIpc) is 2.91. The Kier molecular flexibility index (Phi) is 3.76. The van der Waals surface area contributed by atoms with E-state index in [4.69, 9.17) is 9.72 Å². The Balaban J connectivity index is 1.73. The lowest BCUT2D eigenvalue weighted by Gasteiger charge is -2.21. The van der Waals surface area contributed by atoms with E-state index in [1.165, 1.54) is 4.68 Å². The molecule has 0 fully saturated rings. The zero-order chi connectivity index (χ0) is 19.1. The normalized spacial score (nSPS) is 15.0. The third kappa shape index (κ3) is 2.58. The molecule has 5 rings (SSSR count). The monoisotopic (exact) mass is 370 g/mol. The molecule has 1 aliphatic rings. The van der Waals surface area contributed by atoms with E-state index in [2.05, 4.69) is 10.7 Å². The third-order valence-corrected chi connectivity index (χ3v) is 4.95. The molecule has 28 heavy (non-hydrogen) atoms. The number of nitrogens with zero attached hydrogens (tertiary/aromatic N) is 2. The van der Waals surface area contributed by atoms with Crippen molar-refractivity contribution >= 4 is 16.6 Å². The Morgan fingerprint density at radius 3 is 2.54 bits per heavy atom.